The minimum Gasteiger partial charge on any atom is -0.496 e. The molecule has 7 heteroatoms. The quantitative estimate of drug-likeness (QED) is 0.766. The summed E-state index contributed by atoms with van der Waals surface area (Å²) < 4.78 is 30.6. The number of hydrogen-bond donors (Lipinski definition) is 1. The predicted molar refractivity (Wildman–Crippen MR) is 102 cm³/mol. The Kier molecular flexibility index (Phi) is 6.76. The first kappa shape index (κ1) is 19.9. The van der Waals surface area contributed by atoms with Crippen LogP contribution < -0.4 is 10.1 Å². The van der Waals surface area contributed by atoms with Crippen LogP contribution in [-0.2, 0) is 16.6 Å². The van der Waals surface area contributed by atoms with Crippen LogP contribution in [0.15, 0.2) is 48.5 Å². The van der Waals surface area contributed by atoms with Crippen molar-refractivity contribution in [1.29, 1.82) is 0 Å². The first-order chi connectivity index (χ1) is 12.3. The second kappa shape index (κ2) is 8.82. The molecule has 0 heterocycles. The Bertz CT molecular complexity index is 848. The molecule has 0 aromatic heterocycles. The molecule has 0 aliphatic rings. The molecule has 0 unspecified atom stereocenters. The van der Waals surface area contributed by atoms with E-state index >= 15 is 0 Å². The molecule has 0 spiro atoms. The fourth-order valence-corrected chi connectivity index (χ4v) is 3.29. The van der Waals surface area contributed by atoms with Crippen LogP contribution >= 0.6 is 0 Å². The first-order valence-electron chi connectivity index (χ1n) is 8.23. The monoisotopic (exact) mass is 376 g/mol. The summed E-state index contributed by atoms with van der Waals surface area (Å²) in [5.41, 5.74) is 2.43. The molecule has 2 aromatic carbocycles. The second-order valence-electron chi connectivity index (χ2n) is 6.04. The van der Waals surface area contributed by atoms with Crippen LogP contribution in [0.4, 0.5) is 0 Å². The number of nitrogens with zero attached hydrogens (tertiary/aromatic N) is 1. The molecule has 1 N–H and O–H groups in total. The molecule has 0 aliphatic heterocycles. The van der Waals surface area contributed by atoms with Crippen molar-refractivity contribution in [3.63, 3.8) is 0 Å². The maximum absolute atomic E-state index is 12.3. The van der Waals surface area contributed by atoms with Gasteiger partial charge in [0.05, 0.1) is 18.9 Å². The molecule has 1 amide bonds. The largest absolute Gasteiger partial charge is 0.496 e. The number of para-hydroxylation sites is 1. The van der Waals surface area contributed by atoms with Crippen molar-refractivity contribution in [3.05, 3.63) is 65.2 Å². The minimum atomic E-state index is -3.39. The van der Waals surface area contributed by atoms with Gasteiger partial charge in [0, 0.05) is 19.6 Å². The standard InChI is InChI=1S/C19H24N2O4S/c1-15-8-10-16(11-9-15)14-21(26(3,23)24)13-12-20-19(22)17-6-4-5-7-18(17)25-2/h4-11H,12-14H2,1-3H3,(H,20,22). The fourth-order valence-electron chi connectivity index (χ4n) is 2.48. The van der Waals surface area contributed by atoms with E-state index in [0.717, 1.165) is 11.1 Å². The van der Waals surface area contributed by atoms with Crippen LogP contribution in [0.2, 0.25) is 0 Å². The Labute approximate surface area is 154 Å². The highest BCUT2D eigenvalue weighted by molar-refractivity contribution is 7.88. The van der Waals surface area contributed by atoms with Gasteiger partial charge in [-0.15, -0.1) is 0 Å². The van der Waals surface area contributed by atoms with E-state index in [1.54, 1.807) is 24.3 Å². The molecule has 0 atom stereocenters. The van der Waals surface area contributed by atoms with Crippen LogP contribution in [-0.4, -0.2) is 45.1 Å². The van der Waals surface area contributed by atoms with Crippen molar-refractivity contribution in [2.75, 3.05) is 26.5 Å². The van der Waals surface area contributed by atoms with Gasteiger partial charge in [-0.2, -0.15) is 4.31 Å². The van der Waals surface area contributed by atoms with Crippen LogP contribution in [0.1, 0.15) is 21.5 Å². The molecular weight excluding hydrogens is 352 g/mol. The van der Waals surface area contributed by atoms with E-state index in [1.807, 2.05) is 31.2 Å². The number of carbonyl (C=O) groups excluding carboxylic acids is 1. The number of amides is 1. The predicted octanol–water partition coefficient (Wildman–Crippen LogP) is 2.20. The molecule has 0 saturated heterocycles. The fraction of sp³-hybridized carbons (Fsp3) is 0.316. The molecule has 0 bridgehead atoms. The van der Waals surface area contributed by atoms with Crippen molar-refractivity contribution >= 4 is 15.9 Å². The number of hydrogen-bond acceptors (Lipinski definition) is 4. The van der Waals surface area contributed by atoms with E-state index in [9.17, 15) is 13.2 Å². The molecular formula is C19H24N2O4S. The van der Waals surface area contributed by atoms with Gasteiger partial charge >= 0.3 is 0 Å². The van der Waals surface area contributed by atoms with Gasteiger partial charge < -0.3 is 10.1 Å². The molecule has 2 aromatic rings. The summed E-state index contributed by atoms with van der Waals surface area (Å²) >= 11 is 0. The van der Waals surface area contributed by atoms with Gasteiger partial charge in [0.15, 0.2) is 0 Å². The van der Waals surface area contributed by atoms with Gasteiger partial charge in [0.2, 0.25) is 10.0 Å². The van der Waals surface area contributed by atoms with Gasteiger partial charge in [-0.25, -0.2) is 8.42 Å². The third kappa shape index (κ3) is 5.57. The summed E-state index contributed by atoms with van der Waals surface area (Å²) in [6.45, 7) is 2.64. The minimum absolute atomic E-state index is 0.188. The second-order valence-corrected chi connectivity index (χ2v) is 8.02. The Hall–Kier alpha value is -2.38. The number of benzene rings is 2. The van der Waals surface area contributed by atoms with E-state index in [-0.39, 0.29) is 25.5 Å². The zero-order chi connectivity index (χ0) is 19.2. The van der Waals surface area contributed by atoms with Gasteiger partial charge in [0.25, 0.3) is 5.91 Å². The summed E-state index contributed by atoms with van der Waals surface area (Å²) in [6, 6.07) is 14.6. The average Bonchev–Trinajstić information content (AvgIpc) is 2.61. The van der Waals surface area contributed by atoms with Crippen LogP contribution in [0.3, 0.4) is 0 Å². The smallest absolute Gasteiger partial charge is 0.255 e. The summed E-state index contributed by atoms with van der Waals surface area (Å²) in [5, 5.41) is 2.75. The van der Waals surface area contributed by atoms with Crippen LogP contribution in [0, 0.1) is 6.92 Å². The Morgan fingerprint density at radius 2 is 1.77 bits per heavy atom. The molecule has 140 valence electrons. The van der Waals surface area contributed by atoms with Crippen LogP contribution in [0.5, 0.6) is 5.75 Å². The summed E-state index contributed by atoms with van der Waals surface area (Å²) in [6.07, 6.45) is 1.17. The zero-order valence-electron chi connectivity index (χ0n) is 15.2. The molecule has 26 heavy (non-hydrogen) atoms. The maximum atomic E-state index is 12.3. The number of aryl methyl sites for hydroxylation is 1. The highest BCUT2D eigenvalue weighted by Crippen LogP contribution is 2.16. The van der Waals surface area contributed by atoms with E-state index in [4.69, 9.17) is 4.74 Å². The molecule has 0 radical (unpaired) electrons. The maximum Gasteiger partial charge on any atom is 0.255 e. The summed E-state index contributed by atoms with van der Waals surface area (Å²) in [4.78, 5) is 12.3. The molecule has 0 aliphatic carbocycles. The lowest BCUT2D eigenvalue weighted by Gasteiger charge is -2.20. The number of sulfonamides is 1. The normalized spacial score (nSPS) is 11.4. The Balaban J connectivity index is 1.99. The first-order valence-corrected chi connectivity index (χ1v) is 10.1. The number of ether oxygens (including phenoxy) is 1. The van der Waals surface area contributed by atoms with Gasteiger partial charge in [-0.1, -0.05) is 42.0 Å². The Morgan fingerprint density at radius 3 is 2.38 bits per heavy atom. The average molecular weight is 376 g/mol. The third-order valence-corrected chi connectivity index (χ3v) is 5.20. The summed E-state index contributed by atoms with van der Waals surface area (Å²) in [5.74, 6) is 0.177. The highest BCUT2D eigenvalue weighted by Gasteiger charge is 2.18. The zero-order valence-corrected chi connectivity index (χ0v) is 16.0. The molecule has 6 nitrogen and oxygen atoms in total. The topological polar surface area (TPSA) is 75.7 Å². The number of rotatable bonds is 8. The lowest BCUT2D eigenvalue weighted by molar-refractivity contribution is 0.0948. The lowest BCUT2D eigenvalue weighted by Crippen LogP contribution is -2.37. The number of carbonyl (C=O) groups is 1. The van der Waals surface area contributed by atoms with Gasteiger partial charge in [0.1, 0.15) is 5.75 Å². The molecule has 0 fully saturated rings. The molecule has 2 rings (SSSR count). The highest BCUT2D eigenvalue weighted by atomic mass is 32.2. The SMILES string of the molecule is COc1ccccc1C(=O)NCCN(Cc1ccc(C)cc1)S(C)(=O)=O. The van der Waals surface area contributed by atoms with E-state index in [2.05, 4.69) is 5.32 Å². The summed E-state index contributed by atoms with van der Waals surface area (Å²) in [7, 11) is -1.89. The van der Waals surface area contributed by atoms with E-state index in [0.29, 0.717) is 11.3 Å². The van der Waals surface area contributed by atoms with Crippen molar-refractivity contribution < 1.29 is 17.9 Å². The Morgan fingerprint density at radius 1 is 1.12 bits per heavy atom. The van der Waals surface area contributed by atoms with Crippen LogP contribution in [0.25, 0.3) is 0 Å². The van der Waals surface area contributed by atoms with E-state index < -0.39 is 10.0 Å². The third-order valence-electron chi connectivity index (χ3n) is 3.95. The van der Waals surface area contributed by atoms with Crippen molar-refractivity contribution in [3.8, 4) is 5.75 Å². The van der Waals surface area contributed by atoms with Crippen molar-refractivity contribution in [1.82, 2.24) is 9.62 Å². The van der Waals surface area contributed by atoms with Gasteiger partial charge in [-0.05, 0) is 24.6 Å². The van der Waals surface area contributed by atoms with E-state index in [1.165, 1.54) is 17.7 Å². The molecule has 0 saturated carbocycles. The number of nitrogens with one attached hydrogen (secondary N) is 1. The van der Waals surface area contributed by atoms with Crippen molar-refractivity contribution in [2.45, 2.75) is 13.5 Å². The van der Waals surface area contributed by atoms with Gasteiger partial charge in [-0.3, -0.25) is 4.79 Å². The lowest BCUT2D eigenvalue weighted by atomic mass is 10.1. The van der Waals surface area contributed by atoms with Crippen molar-refractivity contribution in [2.24, 2.45) is 0 Å². The number of methoxy groups -OCH3 is 1.